The van der Waals surface area contributed by atoms with Gasteiger partial charge in [-0.05, 0) is 24.3 Å². The number of hydrogen-bond donors (Lipinski definition) is 1. The van der Waals surface area contributed by atoms with Gasteiger partial charge < -0.3 is 15.1 Å². The molecule has 142 valence electrons. The molecule has 0 bridgehead atoms. The molecule has 0 aliphatic carbocycles. The fourth-order valence-electron chi connectivity index (χ4n) is 3.09. The third kappa shape index (κ3) is 4.93. The molecule has 5 nitrogen and oxygen atoms in total. The van der Waals surface area contributed by atoms with Crippen LogP contribution in [-0.2, 0) is 4.79 Å². The van der Waals surface area contributed by atoms with Gasteiger partial charge >= 0.3 is 0 Å². The smallest absolute Gasteiger partial charge is 0.252 e. The highest BCUT2D eigenvalue weighted by Gasteiger charge is 2.22. The average molecular weight is 406 g/mol. The zero-order valence-corrected chi connectivity index (χ0v) is 16.3. The summed E-state index contributed by atoms with van der Waals surface area (Å²) in [5.41, 5.74) is 1.42. The minimum atomic E-state index is -0.267. The Balaban J connectivity index is 1.44. The molecule has 2 amide bonds. The molecule has 27 heavy (non-hydrogen) atoms. The Morgan fingerprint density at radius 3 is 2.19 bits per heavy atom. The number of piperazine rings is 1. The molecule has 0 aromatic heterocycles. The number of hydrogen-bond acceptors (Lipinski definition) is 3. The third-order valence-electron chi connectivity index (χ3n) is 4.57. The van der Waals surface area contributed by atoms with Gasteiger partial charge in [-0.3, -0.25) is 9.59 Å². The molecule has 1 aliphatic rings. The van der Waals surface area contributed by atoms with Gasteiger partial charge in [0, 0.05) is 39.1 Å². The van der Waals surface area contributed by atoms with Crippen molar-refractivity contribution in [2.24, 2.45) is 0 Å². The van der Waals surface area contributed by atoms with Crippen LogP contribution in [0.25, 0.3) is 0 Å². The molecule has 1 saturated heterocycles. The molecule has 1 aliphatic heterocycles. The zero-order chi connectivity index (χ0) is 19.2. The van der Waals surface area contributed by atoms with E-state index in [9.17, 15) is 9.59 Å². The molecule has 0 unspecified atom stereocenters. The Morgan fingerprint density at radius 2 is 1.52 bits per heavy atom. The summed E-state index contributed by atoms with van der Waals surface area (Å²) in [5, 5.41) is 3.87. The first kappa shape index (κ1) is 19.5. The van der Waals surface area contributed by atoms with Crippen molar-refractivity contribution in [2.45, 2.75) is 6.42 Å². The number of anilines is 1. The van der Waals surface area contributed by atoms with Crippen molar-refractivity contribution >= 4 is 40.7 Å². The Bertz CT molecular complexity index is 820. The van der Waals surface area contributed by atoms with Crippen molar-refractivity contribution in [3.05, 3.63) is 64.1 Å². The van der Waals surface area contributed by atoms with Crippen molar-refractivity contribution in [1.29, 1.82) is 0 Å². The van der Waals surface area contributed by atoms with Gasteiger partial charge in [0.15, 0.2) is 0 Å². The van der Waals surface area contributed by atoms with E-state index < -0.39 is 0 Å². The highest BCUT2D eigenvalue weighted by atomic mass is 35.5. The Morgan fingerprint density at radius 1 is 0.889 bits per heavy atom. The summed E-state index contributed by atoms with van der Waals surface area (Å²) in [7, 11) is 0. The summed E-state index contributed by atoms with van der Waals surface area (Å²) in [6, 6.07) is 14.6. The Hall–Kier alpha value is -2.24. The fraction of sp³-hybridized carbons (Fsp3) is 0.300. The van der Waals surface area contributed by atoms with Crippen molar-refractivity contribution < 1.29 is 9.59 Å². The van der Waals surface area contributed by atoms with E-state index in [1.54, 1.807) is 24.3 Å². The molecule has 0 radical (unpaired) electrons. The maximum atomic E-state index is 12.4. The second-order valence-electron chi connectivity index (χ2n) is 6.30. The second-order valence-corrected chi connectivity index (χ2v) is 7.12. The van der Waals surface area contributed by atoms with Crippen LogP contribution in [0.5, 0.6) is 0 Å². The number of halogens is 2. The second kappa shape index (κ2) is 9.11. The van der Waals surface area contributed by atoms with Crippen LogP contribution < -0.4 is 10.2 Å². The van der Waals surface area contributed by atoms with Crippen molar-refractivity contribution in [3.8, 4) is 0 Å². The van der Waals surface area contributed by atoms with E-state index in [-0.39, 0.29) is 24.8 Å². The van der Waals surface area contributed by atoms with Gasteiger partial charge in [-0.1, -0.05) is 47.5 Å². The lowest BCUT2D eigenvalue weighted by Gasteiger charge is -2.36. The summed E-state index contributed by atoms with van der Waals surface area (Å²) in [6.07, 6.45) is 0.266. The largest absolute Gasteiger partial charge is 0.367 e. The first-order valence-electron chi connectivity index (χ1n) is 8.86. The maximum absolute atomic E-state index is 12.4. The van der Waals surface area contributed by atoms with Gasteiger partial charge in [0.25, 0.3) is 5.91 Å². The first-order chi connectivity index (χ1) is 13.1. The highest BCUT2D eigenvalue weighted by molar-refractivity contribution is 6.34. The van der Waals surface area contributed by atoms with Crippen molar-refractivity contribution in [1.82, 2.24) is 10.2 Å². The molecule has 3 rings (SSSR count). The average Bonchev–Trinajstić information content (AvgIpc) is 2.68. The number of nitrogens with zero attached hydrogens (tertiary/aromatic N) is 2. The van der Waals surface area contributed by atoms with E-state index >= 15 is 0 Å². The lowest BCUT2D eigenvalue weighted by Crippen LogP contribution is -2.49. The molecular formula is C20H21Cl2N3O2. The number of benzene rings is 2. The zero-order valence-electron chi connectivity index (χ0n) is 14.8. The van der Waals surface area contributed by atoms with E-state index in [1.807, 2.05) is 29.2 Å². The Labute approximate surface area is 168 Å². The van der Waals surface area contributed by atoms with Crippen LogP contribution in [0, 0.1) is 0 Å². The van der Waals surface area contributed by atoms with Crippen molar-refractivity contribution in [3.63, 3.8) is 0 Å². The van der Waals surface area contributed by atoms with Gasteiger partial charge in [0.1, 0.15) is 0 Å². The summed E-state index contributed by atoms with van der Waals surface area (Å²) in [4.78, 5) is 28.5. The predicted octanol–water partition coefficient (Wildman–Crippen LogP) is 3.46. The predicted molar refractivity (Wildman–Crippen MR) is 109 cm³/mol. The van der Waals surface area contributed by atoms with Crippen LogP contribution in [0.15, 0.2) is 48.5 Å². The number of carbonyl (C=O) groups is 2. The first-order valence-corrected chi connectivity index (χ1v) is 9.62. The summed E-state index contributed by atoms with van der Waals surface area (Å²) >= 11 is 12.3. The van der Waals surface area contributed by atoms with Crippen molar-refractivity contribution in [2.75, 3.05) is 37.6 Å². The van der Waals surface area contributed by atoms with Gasteiger partial charge in [-0.25, -0.2) is 0 Å². The lowest BCUT2D eigenvalue weighted by molar-refractivity contribution is -0.131. The molecule has 0 saturated carbocycles. The minimum absolute atomic E-state index is 0.0354. The SMILES string of the molecule is O=C(NCCC(=O)N1CCN(c2ccccc2Cl)CC1)c1ccccc1Cl. The van der Waals surface area contributed by atoms with Gasteiger partial charge in [-0.15, -0.1) is 0 Å². The standard InChI is InChI=1S/C20H21Cl2N3O2/c21-16-6-2-1-5-15(16)20(27)23-10-9-19(26)25-13-11-24(12-14-25)18-8-4-3-7-17(18)22/h1-8H,9-14H2,(H,23,27). The van der Waals surface area contributed by atoms with Crippen LogP contribution in [0.2, 0.25) is 10.0 Å². The van der Waals surface area contributed by atoms with E-state index in [4.69, 9.17) is 23.2 Å². The molecule has 1 N–H and O–H groups in total. The van der Waals surface area contributed by atoms with E-state index in [0.29, 0.717) is 23.7 Å². The Kier molecular flexibility index (Phi) is 6.58. The molecule has 7 heteroatoms. The number of rotatable bonds is 5. The molecule has 0 spiro atoms. The van der Waals surface area contributed by atoms with Gasteiger partial charge in [0.2, 0.25) is 5.91 Å². The monoisotopic (exact) mass is 405 g/mol. The summed E-state index contributed by atoms with van der Waals surface area (Å²) in [6.45, 7) is 3.04. The quantitative estimate of drug-likeness (QED) is 0.828. The van der Waals surface area contributed by atoms with Crippen LogP contribution in [0.3, 0.4) is 0 Å². The summed E-state index contributed by atoms with van der Waals surface area (Å²) in [5.74, 6) is -0.231. The van der Waals surface area contributed by atoms with E-state index in [2.05, 4.69) is 10.2 Å². The number of nitrogens with one attached hydrogen (secondary N) is 1. The topological polar surface area (TPSA) is 52.7 Å². The minimum Gasteiger partial charge on any atom is -0.367 e. The summed E-state index contributed by atoms with van der Waals surface area (Å²) < 4.78 is 0. The van der Waals surface area contributed by atoms with Crippen LogP contribution in [-0.4, -0.2) is 49.4 Å². The highest BCUT2D eigenvalue weighted by Crippen LogP contribution is 2.26. The number of para-hydroxylation sites is 1. The third-order valence-corrected chi connectivity index (χ3v) is 5.22. The van der Waals surface area contributed by atoms with Crippen LogP contribution in [0.1, 0.15) is 16.8 Å². The number of carbonyl (C=O) groups excluding carboxylic acids is 2. The van der Waals surface area contributed by atoms with Gasteiger partial charge in [-0.2, -0.15) is 0 Å². The van der Waals surface area contributed by atoms with Crippen LogP contribution >= 0.6 is 23.2 Å². The molecule has 1 heterocycles. The van der Waals surface area contributed by atoms with E-state index in [1.165, 1.54) is 0 Å². The maximum Gasteiger partial charge on any atom is 0.252 e. The number of amides is 2. The fourth-order valence-corrected chi connectivity index (χ4v) is 3.56. The van der Waals surface area contributed by atoms with E-state index in [0.717, 1.165) is 23.8 Å². The molecule has 1 fully saturated rings. The molecule has 2 aromatic rings. The van der Waals surface area contributed by atoms with Gasteiger partial charge in [0.05, 0.1) is 21.3 Å². The molecule has 0 atom stereocenters. The molecule has 2 aromatic carbocycles. The normalized spacial score (nSPS) is 14.1. The molecular weight excluding hydrogens is 385 g/mol. The lowest BCUT2D eigenvalue weighted by atomic mass is 10.2. The van der Waals surface area contributed by atoms with Crippen LogP contribution in [0.4, 0.5) is 5.69 Å².